The minimum absolute atomic E-state index is 0.0913. The van der Waals surface area contributed by atoms with E-state index in [-0.39, 0.29) is 18.7 Å². The van der Waals surface area contributed by atoms with Crippen molar-refractivity contribution in [3.05, 3.63) is 53.6 Å². The monoisotopic (exact) mass is 411 g/mol. The summed E-state index contributed by atoms with van der Waals surface area (Å²) in [6.07, 6.45) is -5.82. The Morgan fingerprint density at radius 2 is 1.66 bits per heavy atom. The molecule has 1 aliphatic heterocycles. The molecule has 0 bridgehead atoms. The first-order valence-electron chi connectivity index (χ1n) is 8.77. The second-order valence-corrected chi connectivity index (χ2v) is 6.50. The van der Waals surface area contributed by atoms with Gasteiger partial charge in [0, 0.05) is 13.0 Å². The normalized spacial score (nSPS) is 19.4. The Bertz CT molecular complexity index is 847. The molecule has 6 nitrogen and oxygen atoms in total. The Morgan fingerprint density at radius 1 is 1.07 bits per heavy atom. The molecule has 0 radical (unpaired) electrons. The molecule has 2 atom stereocenters. The van der Waals surface area contributed by atoms with E-state index in [1.165, 1.54) is 43.4 Å². The number of benzene rings is 2. The van der Waals surface area contributed by atoms with E-state index in [0.717, 1.165) is 0 Å². The average Bonchev–Trinajstić information content (AvgIpc) is 2.95. The number of aliphatic hydroxyl groups excluding tert-OH is 1. The number of hydrogen-bond donors (Lipinski definition) is 1. The van der Waals surface area contributed by atoms with Gasteiger partial charge in [0.2, 0.25) is 0 Å². The first kappa shape index (κ1) is 20.8. The number of nitrogens with zero attached hydrogens (tertiary/aromatic N) is 1. The summed E-state index contributed by atoms with van der Waals surface area (Å²) in [5.41, 5.74) is 1.21. The van der Waals surface area contributed by atoms with Gasteiger partial charge in [-0.3, -0.25) is 4.79 Å². The van der Waals surface area contributed by atoms with Gasteiger partial charge in [-0.05, 0) is 29.8 Å². The van der Waals surface area contributed by atoms with E-state index < -0.39 is 24.4 Å². The summed E-state index contributed by atoms with van der Waals surface area (Å²) >= 11 is 0. The number of amides is 1. The van der Waals surface area contributed by atoms with Crippen LogP contribution in [0.25, 0.3) is 0 Å². The highest BCUT2D eigenvalue weighted by atomic mass is 19.4. The molecular weight excluding hydrogens is 391 g/mol. The van der Waals surface area contributed by atoms with Crippen molar-refractivity contribution < 1.29 is 37.3 Å². The summed E-state index contributed by atoms with van der Waals surface area (Å²) in [4.78, 5) is 14.0. The molecule has 1 fully saturated rings. The molecule has 156 valence electrons. The van der Waals surface area contributed by atoms with Gasteiger partial charge in [0.15, 0.2) is 0 Å². The van der Waals surface area contributed by atoms with Crippen LogP contribution in [0.3, 0.4) is 0 Å². The second kappa shape index (κ2) is 8.20. The number of rotatable bonds is 6. The lowest BCUT2D eigenvalue weighted by Crippen LogP contribution is -2.30. The Labute approximate surface area is 165 Å². The fraction of sp³-hybridized carbons (Fsp3) is 0.350. The van der Waals surface area contributed by atoms with Gasteiger partial charge in [-0.25, -0.2) is 0 Å². The molecular formula is C20H20F3NO5. The van der Waals surface area contributed by atoms with Crippen molar-refractivity contribution >= 4 is 5.91 Å². The number of likely N-dealkylation sites (tertiary alicyclic amines) is 1. The molecule has 3 rings (SSSR count). The lowest BCUT2D eigenvalue weighted by molar-refractivity contribution is -0.274. The Kier molecular flexibility index (Phi) is 5.88. The van der Waals surface area contributed by atoms with Crippen LogP contribution in [0.5, 0.6) is 17.2 Å². The Balaban J connectivity index is 1.89. The van der Waals surface area contributed by atoms with Crippen molar-refractivity contribution in [1.82, 2.24) is 4.90 Å². The van der Waals surface area contributed by atoms with Crippen molar-refractivity contribution in [2.75, 3.05) is 14.2 Å². The van der Waals surface area contributed by atoms with Crippen LogP contribution < -0.4 is 14.2 Å². The number of aliphatic hydroxyl groups is 1. The van der Waals surface area contributed by atoms with Crippen LogP contribution >= 0.6 is 0 Å². The van der Waals surface area contributed by atoms with E-state index in [1.807, 2.05) is 0 Å². The molecule has 29 heavy (non-hydrogen) atoms. The fourth-order valence-corrected chi connectivity index (χ4v) is 3.45. The first-order chi connectivity index (χ1) is 13.7. The maximum atomic E-state index is 12.6. The third-order valence-electron chi connectivity index (χ3n) is 4.70. The highest BCUT2D eigenvalue weighted by molar-refractivity contribution is 5.84. The third kappa shape index (κ3) is 4.56. The molecule has 0 aromatic heterocycles. The molecule has 0 spiro atoms. The fourth-order valence-electron chi connectivity index (χ4n) is 3.45. The van der Waals surface area contributed by atoms with E-state index in [4.69, 9.17) is 9.47 Å². The summed E-state index contributed by atoms with van der Waals surface area (Å²) in [5, 5.41) is 10.2. The van der Waals surface area contributed by atoms with E-state index in [2.05, 4.69) is 4.74 Å². The molecule has 0 aliphatic carbocycles. The van der Waals surface area contributed by atoms with Gasteiger partial charge in [-0.15, -0.1) is 13.2 Å². The number of halogens is 3. The van der Waals surface area contributed by atoms with Crippen molar-refractivity contribution in [3.63, 3.8) is 0 Å². The summed E-state index contributed by atoms with van der Waals surface area (Å²) in [6.45, 7) is 0.0913. The van der Waals surface area contributed by atoms with Crippen molar-refractivity contribution in [2.45, 2.75) is 31.5 Å². The minimum atomic E-state index is -4.78. The van der Waals surface area contributed by atoms with E-state index in [9.17, 15) is 23.1 Å². The van der Waals surface area contributed by atoms with Crippen LogP contribution in [-0.4, -0.2) is 42.6 Å². The zero-order valence-corrected chi connectivity index (χ0v) is 15.8. The number of ether oxygens (including phenoxy) is 3. The summed E-state index contributed by atoms with van der Waals surface area (Å²) in [5.74, 6) is 0.195. The lowest BCUT2D eigenvalue weighted by atomic mass is 10.0. The van der Waals surface area contributed by atoms with E-state index in [1.54, 1.807) is 18.2 Å². The van der Waals surface area contributed by atoms with Gasteiger partial charge in [0.1, 0.15) is 23.4 Å². The van der Waals surface area contributed by atoms with Gasteiger partial charge in [-0.2, -0.15) is 0 Å². The molecule has 2 aromatic rings. The van der Waals surface area contributed by atoms with Gasteiger partial charge in [0.25, 0.3) is 5.91 Å². The highest BCUT2D eigenvalue weighted by Crippen LogP contribution is 2.43. The standard InChI is InChI=1S/C20H20F3NO5/c1-27-16-4-3-5-17(28-2)18(16)14-10-15(25)19(26)24(14)11-12-6-8-13(9-7-12)29-20(21,22)23/h3-9,14-15,25H,10-11H2,1-2H3/t14-,15+/m1/s1. The topological polar surface area (TPSA) is 68.2 Å². The molecule has 1 amide bonds. The van der Waals surface area contributed by atoms with Crippen molar-refractivity contribution in [2.24, 2.45) is 0 Å². The number of carbonyl (C=O) groups is 1. The molecule has 0 unspecified atom stereocenters. The summed E-state index contributed by atoms with van der Waals surface area (Å²) in [7, 11) is 2.99. The predicted octanol–water partition coefficient (Wildman–Crippen LogP) is 3.44. The lowest BCUT2D eigenvalue weighted by Gasteiger charge is -2.27. The van der Waals surface area contributed by atoms with E-state index in [0.29, 0.717) is 22.6 Å². The number of methoxy groups -OCH3 is 2. The van der Waals surface area contributed by atoms with Crippen molar-refractivity contribution in [3.8, 4) is 17.2 Å². The second-order valence-electron chi connectivity index (χ2n) is 6.50. The SMILES string of the molecule is COc1cccc(OC)c1[C@H]1C[C@H](O)C(=O)N1Cc1ccc(OC(F)(F)F)cc1. The number of hydrogen-bond acceptors (Lipinski definition) is 5. The number of carbonyl (C=O) groups excluding carboxylic acids is 1. The molecule has 1 aliphatic rings. The van der Waals surface area contributed by atoms with Crippen LogP contribution in [0.1, 0.15) is 23.6 Å². The Morgan fingerprint density at radius 3 is 2.17 bits per heavy atom. The van der Waals surface area contributed by atoms with Crippen LogP contribution in [0.15, 0.2) is 42.5 Å². The zero-order valence-electron chi connectivity index (χ0n) is 15.8. The zero-order chi connectivity index (χ0) is 21.2. The molecule has 1 heterocycles. The van der Waals surface area contributed by atoms with Gasteiger partial charge in [0.05, 0.1) is 25.8 Å². The maximum Gasteiger partial charge on any atom is 0.573 e. The molecule has 1 saturated heterocycles. The average molecular weight is 411 g/mol. The summed E-state index contributed by atoms with van der Waals surface area (Å²) in [6, 6.07) is 9.93. The van der Waals surface area contributed by atoms with Crippen LogP contribution in [0, 0.1) is 0 Å². The van der Waals surface area contributed by atoms with Crippen LogP contribution in [-0.2, 0) is 11.3 Å². The molecule has 1 N–H and O–H groups in total. The smallest absolute Gasteiger partial charge is 0.496 e. The van der Waals surface area contributed by atoms with E-state index >= 15 is 0 Å². The predicted molar refractivity (Wildman–Crippen MR) is 96.6 cm³/mol. The minimum Gasteiger partial charge on any atom is -0.496 e. The molecule has 2 aromatic carbocycles. The molecule has 0 saturated carbocycles. The highest BCUT2D eigenvalue weighted by Gasteiger charge is 2.41. The van der Waals surface area contributed by atoms with Crippen LogP contribution in [0.4, 0.5) is 13.2 Å². The Hall–Kier alpha value is -2.94. The third-order valence-corrected chi connectivity index (χ3v) is 4.70. The first-order valence-corrected chi connectivity index (χ1v) is 8.77. The molecule has 9 heteroatoms. The number of alkyl halides is 3. The largest absolute Gasteiger partial charge is 0.573 e. The quantitative estimate of drug-likeness (QED) is 0.789. The maximum absolute atomic E-state index is 12.6. The van der Waals surface area contributed by atoms with Gasteiger partial charge in [-0.1, -0.05) is 18.2 Å². The van der Waals surface area contributed by atoms with Gasteiger partial charge >= 0.3 is 6.36 Å². The van der Waals surface area contributed by atoms with Crippen LogP contribution in [0.2, 0.25) is 0 Å². The van der Waals surface area contributed by atoms with Crippen molar-refractivity contribution in [1.29, 1.82) is 0 Å². The summed E-state index contributed by atoms with van der Waals surface area (Å²) < 4.78 is 51.6. The van der Waals surface area contributed by atoms with Gasteiger partial charge < -0.3 is 24.2 Å².